The summed E-state index contributed by atoms with van der Waals surface area (Å²) < 4.78 is 27.8. The Bertz CT molecular complexity index is 575. The van der Waals surface area contributed by atoms with E-state index < -0.39 is 11.6 Å². The number of aromatic nitrogens is 2. The fourth-order valence-corrected chi connectivity index (χ4v) is 1.83. The van der Waals surface area contributed by atoms with Gasteiger partial charge in [-0.2, -0.15) is 0 Å². The number of halogens is 3. The molecule has 0 atom stereocenters. The minimum Gasteiger partial charge on any atom is -0.354 e. The van der Waals surface area contributed by atoms with E-state index in [1.165, 1.54) is 24.4 Å². The Morgan fingerprint density at radius 3 is 2.78 bits per heavy atom. The highest BCUT2D eigenvalue weighted by atomic mass is 79.9. The summed E-state index contributed by atoms with van der Waals surface area (Å²) in [6.45, 7) is 2.52. The summed E-state index contributed by atoms with van der Waals surface area (Å²) in [5, 5.41) is 2.89. The average molecular weight is 314 g/mol. The largest absolute Gasteiger partial charge is 0.354 e. The van der Waals surface area contributed by atoms with E-state index in [1.807, 2.05) is 6.92 Å². The summed E-state index contributed by atoms with van der Waals surface area (Å²) in [4.78, 5) is 8.03. The van der Waals surface area contributed by atoms with Gasteiger partial charge in [0.15, 0.2) is 0 Å². The first-order valence-corrected chi connectivity index (χ1v) is 6.13. The van der Waals surface area contributed by atoms with E-state index in [9.17, 15) is 8.78 Å². The molecule has 0 aliphatic carbocycles. The maximum absolute atomic E-state index is 13.9. The molecule has 0 saturated carbocycles. The number of hydrogen-bond donors (Lipinski definition) is 1. The molecule has 1 aromatic carbocycles. The molecule has 18 heavy (non-hydrogen) atoms. The van der Waals surface area contributed by atoms with E-state index in [1.54, 1.807) is 0 Å². The minimum absolute atomic E-state index is 0.161. The molecule has 1 N–H and O–H groups in total. The number of anilines is 1. The number of rotatable bonds is 3. The van der Waals surface area contributed by atoms with Gasteiger partial charge in [-0.05, 0) is 41.1 Å². The molecule has 0 saturated heterocycles. The molecule has 2 rings (SSSR count). The smallest absolute Gasteiger partial charge is 0.223 e. The fraction of sp³-hybridized carbons (Fsp3) is 0.167. The zero-order valence-electron chi connectivity index (χ0n) is 9.54. The van der Waals surface area contributed by atoms with Crippen LogP contribution in [0, 0.1) is 11.6 Å². The third-order valence-corrected chi connectivity index (χ3v) is 2.90. The molecule has 0 unspecified atom stereocenters. The SMILES string of the molecule is CCNc1nccc(-c2c(F)ccc(Br)c2F)n1. The van der Waals surface area contributed by atoms with Gasteiger partial charge in [0, 0.05) is 12.7 Å². The van der Waals surface area contributed by atoms with Crippen LogP contribution in [0.5, 0.6) is 0 Å². The first-order chi connectivity index (χ1) is 8.63. The summed E-state index contributed by atoms with van der Waals surface area (Å²) in [6.07, 6.45) is 1.46. The van der Waals surface area contributed by atoms with Gasteiger partial charge < -0.3 is 5.32 Å². The molecule has 6 heteroatoms. The van der Waals surface area contributed by atoms with E-state index in [0.717, 1.165) is 0 Å². The molecule has 1 aromatic heterocycles. The highest BCUT2D eigenvalue weighted by molar-refractivity contribution is 9.10. The number of hydrogen-bond acceptors (Lipinski definition) is 3. The van der Waals surface area contributed by atoms with Crippen molar-refractivity contribution in [1.82, 2.24) is 9.97 Å². The lowest BCUT2D eigenvalue weighted by Crippen LogP contribution is -2.03. The molecule has 1 heterocycles. The van der Waals surface area contributed by atoms with Crippen LogP contribution in [-0.4, -0.2) is 16.5 Å². The van der Waals surface area contributed by atoms with Crippen LogP contribution in [0.1, 0.15) is 6.92 Å². The summed E-state index contributed by atoms with van der Waals surface area (Å²) in [7, 11) is 0. The zero-order valence-corrected chi connectivity index (χ0v) is 11.1. The first-order valence-electron chi connectivity index (χ1n) is 5.34. The summed E-state index contributed by atoms with van der Waals surface area (Å²) in [5.41, 5.74) is 0.0446. The molecule has 0 aliphatic heterocycles. The Hall–Kier alpha value is -1.56. The van der Waals surface area contributed by atoms with E-state index >= 15 is 0 Å². The second-order valence-electron chi connectivity index (χ2n) is 3.51. The molecule has 0 bridgehead atoms. The molecule has 3 nitrogen and oxygen atoms in total. The van der Waals surface area contributed by atoms with Crippen LogP contribution in [0.15, 0.2) is 28.9 Å². The van der Waals surface area contributed by atoms with Crippen LogP contribution in [-0.2, 0) is 0 Å². The van der Waals surface area contributed by atoms with Crippen molar-refractivity contribution in [3.8, 4) is 11.3 Å². The van der Waals surface area contributed by atoms with Crippen LogP contribution >= 0.6 is 15.9 Å². The molecular formula is C12H10BrF2N3. The van der Waals surface area contributed by atoms with Crippen LogP contribution in [0.2, 0.25) is 0 Å². The normalized spacial score (nSPS) is 10.4. The molecule has 2 aromatic rings. The van der Waals surface area contributed by atoms with Gasteiger partial charge in [0.25, 0.3) is 0 Å². The van der Waals surface area contributed by atoms with Gasteiger partial charge in [0.2, 0.25) is 5.95 Å². The van der Waals surface area contributed by atoms with Crippen molar-refractivity contribution >= 4 is 21.9 Å². The Morgan fingerprint density at radius 2 is 2.06 bits per heavy atom. The predicted octanol–water partition coefficient (Wildman–Crippen LogP) is 3.62. The van der Waals surface area contributed by atoms with E-state index in [2.05, 4.69) is 31.2 Å². The van der Waals surface area contributed by atoms with Gasteiger partial charge in [0.05, 0.1) is 15.7 Å². The quantitative estimate of drug-likeness (QED) is 0.880. The Balaban J connectivity index is 2.55. The maximum atomic E-state index is 13.9. The standard InChI is InChI=1S/C12H10BrF2N3/c1-2-16-12-17-6-5-9(18-12)10-8(14)4-3-7(13)11(10)15/h3-6H,2H2,1H3,(H,16,17,18). The zero-order chi connectivity index (χ0) is 13.1. The van der Waals surface area contributed by atoms with Gasteiger partial charge in [-0.3, -0.25) is 0 Å². The topological polar surface area (TPSA) is 37.8 Å². The van der Waals surface area contributed by atoms with Crippen LogP contribution in [0.4, 0.5) is 14.7 Å². The summed E-state index contributed by atoms with van der Waals surface area (Å²) in [5.74, 6) is -0.984. The lowest BCUT2D eigenvalue weighted by Gasteiger charge is -2.07. The third kappa shape index (κ3) is 2.48. The van der Waals surface area contributed by atoms with Gasteiger partial charge in [-0.25, -0.2) is 18.7 Å². The fourth-order valence-electron chi connectivity index (χ4n) is 1.50. The van der Waals surface area contributed by atoms with Crippen molar-refractivity contribution < 1.29 is 8.78 Å². The number of nitrogens with zero attached hydrogens (tertiary/aromatic N) is 2. The second kappa shape index (κ2) is 5.39. The predicted molar refractivity (Wildman–Crippen MR) is 69.2 cm³/mol. The van der Waals surface area contributed by atoms with Crippen LogP contribution in [0.3, 0.4) is 0 Å². The third-order valence-electron chi connectivity index (χ3n) is 2.29. The molecule has 0 aliphatic rings. The van der Waals surface area contributed by atoms with Crippen molar-refractivity contribution in [1.29, 1.82) is 0 Å². The lowest BCUT2D eigenvalue weighted by atomic mass is 10.1. The average Bonchev–Trinajstić information content (AvgIpc) is 2.35. The molecule has 0 amide bonds. The van der Waals surface area contributed by atoms with Gasteiger partial charge in [0.1, 0.15) is 11.6 Å². The lowest BCUT2D eigenvalue weighted by molar-refractivity contribution is 0.584. The molecule has 0 fully saturated rings. The van der Waals surface area contributed by atoms with E-state index in [-0.39, 0.29) is 15.7 Å². The van der Waals surface area contributed by atoms with Crippen LogP contribution in [0.25, 0.3) is 11.3 Å². The maximum Gasteiger partial charge on any atom is 0.223 e. The van der Waals surface area contributed by atoms with Crippen molar-refractivity contribution in [3.05, 3.63) is 40.5 Å². The highest BCUT2D eigenvalue weighted by Gasteiger charge is 2.16. The van der Waals surface area contributed by atoms with Gasteiger partial charge in [-0.15, -0.1) is 0 Å². The number of benzene rings is 1. The highest BCUT2D eigenvalue weighted by Crippen LogP contribution is 2.29. The van der Waals surface area contributed by atoms with Crippen molar-refractivity contribution in [2.24, 2.45) is 0 Å². The van der Waals surface area contributed by atoms with Gasteiger partial charge in [-0.1, -0.05) is 0 Å². The van der Waals surface area contributed by atoms with Gasteiger partial charge >= 0.3 is 0 Å². The van der Waals surface area contributed by atoms with Crippen LogP contribution < -0.4 is 5.32 Å². The monoisotopic (exact) mass is 313 g/mol. The Labute approximate surface area is 111 Å². The summed E-state index contributed by atoms with van der Waals surface area (Å²) >= 11 is 3.03. The molecule has 94 valence electrons. The Morgan fingerprint density at radius 1 is 1.28 bits per heavy atom. The second-order valence-corrected chi connectivity index (χ2v) is 4.37. The molecule has 0 spiro atoms. The van der Waals surface area contributed by atoms with Crippen molar-refractivity contribution in [2.45, 2.75) is 6.92 Å². The first kappa shape index (κ1) is 12.9. The van der Waals surface area contributed by atoms with E-state index in [4.69, 9.17) is 0 Å². The molecular weight excluding hydrogens is 304 g/mol. The number of nitrogens with one attached hydrogen (secondary N) is 1. The van der Waals surface area contributed by atoms with E-state index in [0.29, 0.717) is 12.5 Å². The Kier molecular flexibility index (Phi) is 3.86. The van der Waals surface area contributed by atoms with Crippen molar-refractivity contribution in [2.75, 3.05) is 11.9 Å². The minimum atomic E-state index is -0.670. The summed E-state index contributed by atoms with van der Waals surface area (Å²) in [6, 6.07) is 3.98. The molecule has 0 radical (unpaired) electrons. The van der Waals surface area contributed by atoms with Crippen molar-refractivity contribution in [3.63, 3.8) is 0 Å².